The molecule has 0 saturated carbocycles. The summed E-state index contributed by atoms with van der Waals surface area (Å²) in [6, 6.07) is 9.74. The highest BCUT2D eigenvalue weighted by Crippen LogP contribution is 2.26. The maximum atomic E-state index is 12.9. The highest BCUT2D eigenvalue weighted by molar-refractivity contribution is 5.93. The topological polar surface area (TPSA) is 68.0 Å². The number of oxazole rings is 1. The molecule has 2 aromatic heterocycles. The second-order valence-corrected chi connectivity index (χ2v) is 6.43. The molecule has 0 spiro atoms. The van der Waals surface area contributed by atoms with Crippen molar-refractivity contribution in [1.29, 1.82) is 0 Å². The van der Waals surface area contributed by atoms with Crippen molar-refractivity contribution < 1.29 is 9.21 Å². The van der Waals surface area contributed by atoms with Crippen LogP contribution < -0.4 is 5.32 Å². The van der Waals surface area contributed by atoms with Gasteiger partial charge in [0.2, 0.25) is 5.76 Å². The van der Waals surface area contributed by atoms with Gasteiger partial charge in [-0.2, -0.15) is 0 Å². The van der Waals surface area contributed by atoms with Gasteiger partial charge in [0.25, 0.3) is 5.91 Å². The third kappa shape index (κ3) is 3.67. The molecular formula is C21H23N3O2. The number of rotatable bonds is 5. The van der Waals surface area contributed by atoms with Crippen molar-refractivity contribution in [1.82, 2.24) is 15.3 Å². The summed E-state index contributed by atoms with van der Waals surface area (Å²) in [6.07, 6.45) is 4.15. The van der Waals surface area contributed by atoms with Crippen LogP contribution >= 0.6 is 0 Å². The lowest BCUT2D eigenvalue weighted by atomic mass is 9.94. The van der Waals surface area contributed by atoms with Crippen molar-refractivity contribution in [3.05, 3.63) is 82.3 Å². The van der Waals surface area contributed by atoms with Gasteiger partial charge in [-0.05, 0) is 43.5 Å². The van der Waals surface area contributed by atoms with E-state index in [0.717, 1.165) is 22.3 Å². The minimum absolute atomic E-state index is 0.265. The van der Waals surface area contributed by atoms with Crippen molar-refractivity contribution >= 4 is 5.91 Å². The van der Waals surface area contributed by atoms with Crippen molar-refractivity contribution in [3.63, 3.8) is 0 Å². The van der Waals surface area contributed by atoms with Crippen LogP contribution in [0.2, 0.25) is 0 Å². The number of benzene rings is 1. The number of nitrogens with one attached hydrogen (secondary N) is 1. The molecule has 0 fully saturated rings. The molecule has 0 bridgehead atoms. The summed E-state index contributed by atoms with van der Waals surface area (Å²) in [4.78, 5) is 21.4. The van der Waals surface area contributed by atoms with Crippen LogP contribution in [0.4, 0.5) is 0 Å². The molecule has 0 aliphatic heterocycles. The number of aryl methyl sites for hydroxylation is 4. The molecule has 134 valence electrons. The van der Waals surface area contributed by atoms with E-state index in [9.17, 15) is 4.79 Å². The van der Waals surface area contributed by atoms with Crippen molar-refractivity contribution in [2.75, 3.05) is 0 Å². The summed E-state index contributed by atoms with van der Waals surface area (Å²) in [5.41, 5.74) is 4.80. The fourth-order valence-electron chi connectivity index (χ4n) is 2.97. The predicted octanol–water partition coefficient (Wildman–Crippen LogP) is 4.08. The summed E-state index contributed by atoms with van der Waals surface area (Å²) in [7, 11) is 0. The molecule has 1 N–H and O–H groups in total. The Morgan fingerprint density at radius 1 is 1.23 bits per heavy atom. The highest BCUT2D eigenvalue weighted by atomic mass is 16.4. The molecule has 3 rings (SSSR count). The molecular weight excluding hydrogens is 326 g/mol. The largest absolute Gasteiger partial charge is 0.435 e. The minimum atomic E-state index is -0.314. The van der Waals surface area contributed by atoms with E-state index in [4.69, 9.17) is 4.42 Å². The van der Waals surface area contributed by atoms with Gasteiger partial charge in [0.05, 0.1) is 11.7 Å². The number of hydrogen-bond acceptors (Lipinski definition) is 4. The fourth-order valence-corrected chi connectivity index (χ4v) is 2.97. The Morgan fingerprint density at radius 3 is 2.69 bits per heavy atom. The molecule has 5 heteroatoms. The normalized spacial score (nSPS) is 12.0. The lowest BCUT2D eigenvalue weighted by Gasteiger charge is -2.21. The van der Waals surface area contributed by atoms with E-state index in [0.29, 0.717) is 18.0 Å². The zero-order chi connectivity index (χ0) is 18.7. The first kappa shape index (κ1) is 17.9. The highest BCUT2D eigenvalue weighted by Gasteiger charge is 2.23. The Balaban J connectivity index is 2.00. The van der Waals surface area contributed by atoms with Crippen molar-refractivity contribution in [2.24, 2.45) is 0 Å². The molecule has 0 aliphatic carbocycles. The van der Waals surface area contributed by atoms with Gasteiger partial charge in [0, 0.05) is 18.8 Å². The van der Waals surface area contributed by atoms with E-state index in [2.05, 4.69) is 33.5 Å². The zero-order valence-corrected chi connectivity index (χ0v) is 15.5. The quantitative estimate of drug-likeness (QED) is 0.754. The molecule has 0 unspecified atom stereocenters. The summed E-state index contributed by atoms with van der Waals surface area (Å²) < 4.78 is 5.61. The summed E-state index contributed by atoms with van der Waals surface area (Å²) >= 11 is 0. The maximum Gasteiger partial charge on any atom is 0.289 e. The molecule has 1 atom stereocenters. The molecule has 1 amide bonds. The first-order valence-electron chi connectivity index (χ1n) is 8.73. The molecule has 1 aromatic carbocycles. The standard InChI is InChI=1S/C21H23N3O2/c1-5-18-23-15(4)20(26-18)21(25)24-19(16-7-6-10-22-12-16)17-11-13(2)8-9-14(17)3/h6-12,19H,5H2,1-4H3,(H,24,25)/t19-/m0/s1. The van der Waals surface area contributed by atoms with Crippen molar-refractivity contribution in [3.8, 4) is 0 Å². The van der Waals surface area contributed by atoms with Gasteiger partial charge < -0.3 is 9.73 Å². The SMILES string of the molecule is CCc1nc(C)c(C(=O)N[C@@H](c2cccnc2)c2cc(C)ccc2C)o1. The van der Waals surface area contributed by atoms with Crippen molar-refractivity contribution in [2.45, 2.75) is 40.2 Å². The number of amides is 1. The smallest absolute Gasteiger partial charge is 0.289 e. The number of nitrogens with zero attached hydrogens (tertiary/aromatic N) is 2. The van der Waals surface area contributed by atoms with Crippen LogP contribution in [0.1, 0.15) is 57.4 Å². The van der Waals surface area contributed by atoms with Gasteiger partial charge in [-0.15, -0.1) is 0 Å². The minimum Gasteiger partial charge on any atom is -0.435 e. The Bertz CT molecular complexity index is 916. The number of carbonyl (C=O) groups is 1. The monoisotopic (exact) mass is 349 g/mol. The molecule has 0 radical (unpaired) electrons. The Morgan fingerprint density at radius 2 is 2.04 bits per heavy atom. The lowest BCUT2D eigenvalue weighted by molar-refractivity contribution is 0.0912. The molecule has 5 nitrogen and oxygen atoms in total. The molecule has 3 aromatic rings. The number of pyridine rings is 1. The summed E-state index contributed by atoms with van der Waals surface area (Å²) in [5, 5.41) is 3.10. The second kappa shape index (κ2) is 7.52. The van der Waals surface area contributed by atoms with Crippen LogP contribution in [0.15, 0.2) is 47.1 Å². The first-order chi connectivity index (χ1) is 12.5. The third-order valence-electron chi connectivity index (χ3n) is 4.39. The first-order valence-corrected chi connectivity index (χ1v) is 8.73. The molecule has 0 aliphatic rings. The summed E-state index contributed by atoms with van der Waals surface area (Å²) in [5.74, 6) is 0.558. The predicted molar refractivity (Wildman–Crippen MR) is 100 cm³/mol. The van der Waals surface area contributed by atoms with Gasteiger partial charge in [-0.25, -0.2) is 4.98 Å². The zero-order valence-electron chi connectivity index (χ0n) is 15.5. The average Bonchev–Trinajstić information content (AvgIpc) is 3.03. The van der Waals surface area contributed by atoms with Gasteiger partial charge in [0.15, 0.2) is 5.89 Å². The molecule has 0 saturated heterocycles. The van der Waals surface area contributed by atoms with Gasteiger partial charge in [-0.1, -0.05) is 36.8 Å². The van der Waals surface area contributed by atoms with Crippen LogP contribution in [0, 0.1) is 20.8 Å². The van der Waals surface area contributed by atoms with Gasteiger partial charge in [0.1, 0.15) is 0 Å². The van der Waals surface area contributed by atoms with E-state index in [1.807, 2.05) is 32.9 Å². The van der Waals surface area contributed by atoms with Gasteiger partial charge >= 0.3 is 0 Å². The average molecular weight is 349 g/mol. The second-order valence-electron chi connectivity index (χ2n) is 6.43. The van der Waals surface area contributed by atoms with Crippen LogP contribution in [-0.2, 0) is 6.42 Å². The Hall–Kier alpha value is -2.95. The summed E-state index contributed by atoms with van der Waals surface area (Å²) in [6.45, 7) is 7.81. The Labute approximate surface area is 153 Å². The van der Waals surface area contributed by atoms with E-state index < -0.39 is 0 Å². The number of carbonyl (C=O) groups excluding carboxylic acids is 1. The molecule has 26 heavy (non-hydrogen) atoms. The maximum absolute atomic E-state index is 12.9. The fraction of sp³-hybridized carbons (Fsp3) is 0.286. The van der Waals surface area contributed by atoms with Crippen LogP contribution in [0.3, 0.4) is 0 Å². The number of hydrogen-bond donors (Lipinski definition) is 1. The third-order valence-corrected chi connectivity index (χ3v) is 4.39. The van der Waals surface area contributed by atoms with E-state index in [1.165, 1.54) is 0 Å². The number of aromatic nitrogens is 2. The van der Waals surface area contributed by atoms with E-state index >= 15 is 0 Å². The Kier molecular flexibility index (Phi) is 5.16. The van der Waals surface area contributed by atoms with E-state index in [-0.39, 0.29) is 17.7 Å². The molecule has 2 heterocycles. The van der Waals surface area contributed by atoms with Gasteiger partial charge in [-0.3, -0.25) is 9.78 Å². The lowest BCUT2D eigenvalue weighted by Crippen LogP contribution is -2.30. The van der Waals surface area contributed by atoms with Crippen LogP contribution in [-0.4, -0.2) is 15.9 Å². The van der Waals surface area contributed by atoms with Crippen LogP contribution in [0.5, 0.6) is 0 Å². The van der Waals surface area contributed by atoms with E-state index in [1.54, 1.807) is 19.3 Å². The van der Waals surface area contributed by atoms with Crippen LogP contribution in [0.25, 0.3) is 0 Å².